The Morgan fingerprint density at radius 2 is 1.43 bits per heavy atom. The van der Waals surface area contributed by atoms with Crippen molar-refractivity contribution < 1.29 is 33.7 Å². The van der Waals surface area contributed by atoms with Crippen LogP contribution in [0.1, 0.15) is 16.7 Å². The standard InChI is InChI=1S/C28H30N2O7/c1-35-25-16-10-9-15-22(25)18-23(26(31)32)29-30(28(34)37-19-21-13-7-4-8-14-21)24(27(33)36-2)17-20-11-5-3-6-12-20/h3-16,23-24,29H,17-19H2,1-2H3,(H,31,32)/t23-,24-/m0/s1. The van der Waals surface area contributed by atoms with E-state index in [-0.39, 0.29) is 19.4 Å². The number of carbonyl (C=O) groups is 3. The zero-order valence-electron chi connectivity index (χ0n) is 20.7. The molecule has 2 atom stereocenters. The van der Waals surface area contributed by atoms with Crippen molar-refractivity contribution in [1.29, 1.82) is 0 Å². The maximum Gasteiger partial charge on any atom is 0.425 e. The summed E-state index contributed by atoms with van der Waals surface area (Å²) in [6.07, 6.45) is -0.871. The predicted molar refractivity (Wildman–Crippen MR) is 136 cm³/mol. The van der Waals surface area contributed by atoms with Gasteiger partial charge < -0.3 is 19.3 Å². The van der Waals surface area contributed by atoms with Crippen molar-refractivity contribution in [2.24, 2.45) is 0 Å². The first-order valence-electron chi connectivity index (χ1n) is 11.7. The van der Waals surface area contributed by atoms with E-state index in [1.165, 1.54) is 14.2 Å². The van der Waals surface area contributed by atoms with Crippen molar-refractivity contribution in [3.05, 3.63) is 102 Å². The molecule has 9 heteroatoms. The number of carboxylic acids is 1. The van der Waals surface area contributed by atoms with E-state index < -0.39 is 30.1 Å². The molecular formula is C28H30N2O7. The van der Waals surface area contributed by atoms with Crippen LogP contribution in [-0.2, 0) is 38.5 Å². The minimum absolute atomic E-state index is 0.0267. The van der Waals surface area contributed by atoms with Crippen LogP contribution >= 0.6 is 0 Å². The SMILES string of the molecule is COC(=O)[C@H](Cc1ccccc1)N(N[C@@H](Cc1ccccc1OC)C(=O)O)C(=O)OCc1ccccc1. The van der Waals surface area contributed by atoms with E-state index in [2.05, 4.69) is 5.43 Å². The van der Waals surface area contributed by atoms with Crippen LogP contribution in [0.2, 0.25) is 0 Å². The Morgan fingerprint density at radius 3 is 2.03 bits per heavy atom. The number of nitrogens with one attached hydrogen (secondary N) is 1. The third-order valence-corrected chi connectivity index (χ3v) is 5.67. The number of aliphatic carboxylic acids is 1. The van der Waals surface area contributed by atoms with Crippen LogP contribution in [0.3, 0.4) is 0 Å². The minimum atomic E-state index is -1.29. The zero-order chi connectivity index (χ0) is 26.6. The largest absolute Gasteiger partial charge is 0.496 e. The normalized spacial score (nSPS) is 12.2. The number of carbonyl (C=O) groups excluding carboxylic acids is 2. The molecule has 3 rings (SSSR count). The van der Waals surface area contributed by atoms with E-state index in [0.29, 0.717) is 11.3 Å². The van der Waals surface area contributed by atoms with Gasteiger partial charge in [0.05, 0.1) is 14.2 Å². The quantitative estimate of drug-likeness (QED) is 0.283. The van der Waals surface area contributed by atoms with Gasteiger partial charge in [0.15, 0.2) is 6.04 Å². The van der Waals surface area contributed by atoms with Crippen molar-refractivity contribution >= 4 is 18.0 Å². The number of nitrogens with zero attached hydrogens (tertiary/aromatic N) is 1. The van der Waals surface area contributed by atoms with Gasteiger partial charge in [-0.15, -0.1) is 0 Å². The lowest BCUT2D eigenvalue weighted by Crippen LogP contribution is -2.59. The summed E-state index contributed by atoms with van der Waals surface area (Å²) in [6.45, 7) is -0.0681. The van der Waals surface area contributed by atoms with E-state index in [9.17, 15) is 19.5 Å². The molecular weight excluding hydrogens is 476 g/mol. The van der Waals surface area contributed by atoms with Gasteiger partial charge >= 0.3 is 18.0 Å². The fourth-order valence-electron chi connectivity index (χ4n) is 3.76. The van der Waals surface area contributed by atoms with Crippen molar-refractivity contribution in [3.8, 4) is 5.75 Å². The molecule has 2 N–H and O–H groups in total. The lowest BCUT2D eigenvalue weighted by molar-refractivity contribution is -0.150. The van der Waals surface area contributed by atoms with E-state index in [0.717, 1.165) is 16.1 Å². The average Bonchev–Trinajstić information content (AvgIpc) is 2.93. The Labute approximate surface area is 215 Å². The number of hydrogen-bond acceptors (Lipinski definition) is 7. The molecule has 0 aliphatic rings. The second-order valence-corrected chi connectivity index (χ2v) is 8.17. The lowest BCUT2D eigenvalue weighted by Gasteiger charge is -2.32. The first-order chi connectivity index (χ1) is 17.9. The van der Waals surface area contributed by atoms with Crippen molar-refractivity contribution in [1.82, 2.24) is 10.4 Å². The summed E-state index contributed by atoms with van der Waals surface area (Å²) in [7, 11) is 2.69. The molecule has 3 aromatic rings. The summed E-state index contributed by atoms with van der Waals surface area (Å²) in [6, 6.07) is 22.5. The number of hydrogen-bond donors (Lipinski definition) is 2. The molecule has 3 aromatic carbocycles. The molecule has 0 unspecified atom stereocenters. The number of amides is 1. The van der Waals surface area contributed by atoms with Gasteiger partial charge in [0.1, 0.15) is 18.4 Å². The smallest absolute Gasteiger partial charge is 0.425 e. The Hall–Kier alpha value is -4.37. The molecule has 0 fully saturated rings. The molecule has 0 aliphatic heterocycles. The highest BCUT2D eigenvalue weighted by Gasteiger charge is 2.36. The van der Waals surface area contributed by atoms with Crippen molar-refractivity contribution in [2.45, 2.75) is 31.5 Å². The van der Waals surface area contributed by atoms with Gasteiger partial charge in [-0.2, -0.15) is 0 Å². The van der Waals surface area contributed by atoms with E-state index in [1.54, 1.807) is 72.8 Å². The van der Waals surface area contributed by atoms with Crippen LogP contribution in [-0.4, -0.2) is 54.5 Å². The minimum Gasteiger partial charge on any atom is -0.496 e. The Bertz CT molecular complexity index is 1170. The molecule has 0 spiro atoms. The van der Waals surface area contributed by atoms with Crippen LogP contribution in [0.25, 0.3) is 0 Å². The number of rotatable bonds is 12. The summed E-state index contributed by atoms with van der Waals surface area (Å²) in [5.74, 6) is -1.45. The van der Waals surface area contributed by atoms with Gasteiger partial charge in [-0.25, -0.2) is 20.0 Å². The molecule has 0 heterocycles. The summed E-state index contributed by atoms with van der Waals surface area (Å²) in [5, 5.41) is 10.9. The molecule has 0 saturated carbocycles. The van der Waals surface area contributed by atoms with E-state index in [1.807, 2.05) is 12.1 Å². The highest BCUT2D eigenvalue weighted by atomic mass is 16.6. The van der Waals surface area contributed by atoms with Crippen LogP contribution in [0.15, 0.2) is 84.9 Å². The van der Waals surface area contributed by atoms with Gasteiger partial charge in [-0.1, -0.05) is 78.9 Å². The molecule has 1 amide bonds. The maximum atomic E-state index is 13.3. The summed E-state index contributed by atoms with van der Waals surface area (Å²) < 4.78 is 15.8. The van der Waals surface area contributed by atoms with E-state index in [4.69, 9.17) is 14.2 Å². The fourth-order valence-corrected chi connectivity index (χ4v) is 3.76. The van der Waals surface area contributed by atoms with Crippen LogP contribution in [0, 0.1) is 0 Å². The lowest BCUT2D eigenvalue weighted by atomic mass is 10.0. The number of ether oxygens (including phenoxy) is 3. The van der Waals surface area contributed by atoms with Gasteiger partial charge in [0, 0.05) is 12.8 Å². The highest BCUT2D eigenvalue weighted by Crippen LogP contribution is 2.20. The maximum absolute atomic E-state index is 13.3. The summed E-state index contributed by atoms with van der Waals surface area (Å²) in [5.41, 5.74) is 4.82. The number of benzene rings is 3. The van der Waals surface area contributed by atoms with Gasteiger partial charge in [0.2, 0.25) is 0 Å². The number of esters is 1. The van der Waals surface area contributed by atoms with Crippen LogP contribution in [0.4, 0.5) is 4.79 Å². The molecule has 0 saturated heterocycles. The zero-order valence-corrected chi connectivity index (χ0v) is 20.7. The first-order valence-corrected chi connectivity index (χ1v) is 11.7. The average molecular weight is 507 g/mol. The molecule has 0 aromatic heterocycles. The molecule has 0 radical (unpaired) electrons. The molecule has 0 bridgehead atoms. The number of para-hydroxylation sites is 1. The first kappa shape index (κ1) is 27.2. The molecule has 37 heavy (non-hydrogen) atoms. The van der Waals surface area contributed by atoms with Crippen molar-refractivity contribution in [3.63, 3.8) is 0 Å². The van der Waals surface area contributed by atoms with Crippen molar-refractivity contribution in [2.75, 3.05) is 14.2 Å². The number of methoxy groups -OCH3 is 2. The topological polar surface area (TPSA) is 114 Å². The highest BCUT2D eigenvalue weighted by molar-refractivity contribution is 5.82. The summed E-state index contributed by atoms with van der Waals surface area (Å²) >= 11 is 0. The monoisotopic (exact) mass is 506 g/mol. The van der Waals surface area contributed by atoms with Gasteiger partial charge in [-0.05, 0) is 22.8 Å². The van der Waals surface area contributed by atoms with Crippen LogP contribution < -0.4 is 10.2 Å². The number of hydrazine groups is 1. The predicted octanol–water partition coefficient (Wildman–Crippen LogP) is 3.62. The second-order valence-electron chi connectivity index (χ2n) is 8.17. The third kappa shape index (κ3) is 7.81. The molecule has 9 nitrogen and oxygen atoms in total. The fraction of sp³-hybridized carbons (Fsp3) is 0.250. The van der Waals surface area contributed by atoms with Gasteiger partial charge in [0.25, 0.3) is 0 Å². The van der Waals surface area contributed by atoms with Gasteiger partial charge in [-0.3, -0.25) is 4.79 Å². The Balaban J connectivity index is 1.92. The Morgan fingerprint density at radius 1 is 0.838 bits per heavy atom. The Kier molecular flexibility index (Phi) is 10.0. The van der Waals surface area contributed by atoms with Crippen LogP contribution in [0.5, 0.6) is 5.75 Å². The third-order valence-electron chi connectivity index (χ3n) is 5.67. The van der Waals surface area contributed by atoms with E-state index >= 15 is 0 Å². The molecule has 194 valence electrons. The second kappa shape index (κ2) is 13.6. The number of carboxylic acid groups (broad SMARTS) is 1. The summed E-state index contributed by atoms with van der Waals surface area (Å²) in [4.78, 5) is 38.4. The molecule has 0 aliphatic carbocycles.